The van der Waals surface area contributed by atoms with Crippen molar-refractivity contribution in [1.29, 1.82) is 0 Å². The molecule has 1 atom stereocenters. The van der Waals surface area contributed by atoms with Gasteiger partial charge >= 0.3 is 0 Å². The topological polar surface area (TPSA) is 87.3 Å². The van der Waals surface area contributed by atoms with E-state index in [1.807, 2.05) is 0 Å². The number of nitrogens with two attached hydrogens (primary N) is 1. The first kappa shape index (κ1) is 10.0. The maximum Gasteiger partial charge on any atom is 0.286 e. The van der Waals surface area contributed by atoms with Crippen molar-refractivity contribution in [2.45, 2.75) is 6.10 Å². The fourth-order valence-corrected chi connectivity index (χ4v) is 1.33. The van der Waals surface area contributed by atoms with E-state index >= 15 is 0 Å². The Labute approximate surface area is 86.4 Å². The van der Waals surface area contributed by atoms with Gasteiger partial charge in [-0.3, -0.25) is 4.79 Å². The zero-order chi connectivity index (χ0) is 10.7. The lowest BCUT2D eigenvalue weighted by atomic mass is 10.2. The van der Waals surface area contributed by atoms with E-state index in [-0.39, 0.29) is 11.9 Å². The van der Waals surface area contributed by atoms with E-state index in [1.54, 1.807) is 6.07 Å². The molecule has 0 unspecified atom stereocenters. The molecule has 2 rings (SSSR count). The Kier molecular flexibility index (Phi) is 2.89. The first-order valence-electron chi connectivity index (χ1n) is 4.59. The van der Waals surface area contributed by atoms with E-state index in [2.05, 4.69) is 9.97 Å². The van der Waals surface area contributed by atoms with Crippen molar-refractivity contribution in [3.05, 3.63) is 23.8 Å². The van der Waals surface area contributed by atoms with Crippen LogP contribution in [0.3, 0.4) is 0 Å². The summed E-state index contributed by atoms with van der Waals surface area (Å²) >= 11 is 0. The SMILES string of the molecule is NC(=O)c1nccc([C@@H]2COCCO2)n1. The standard InChI is InChI=1S/C9H11N3O3/c10-8(13)9-11-2-1-6(12-9)7-5-14-3-4-15-7/h1-2,7H,3-5H2,(H2,10,13)/t7-/m0/s1. The second-order valence-corrected chi connectivity index (χ2v) is 3.10. The molecule has 1 aromatic heterocycles. The number of carbonyl (C=O) groups is 1. The Hall–Kier alpha value is -1.53. The van der Waals surface area contributed by atoms with Crippen molar-refractivity contribution in [2.24, 2.45) is 5.73 Å². The van der Waals surface area contributed by atoms with Crippen molar-refractivity contribution >= 4 is 5.91 Å². The van der Waals surface area contributed by atoms with Gasteiger partial charge in [-0.1, -0.05) is 0 Å². The van der Waals surface area contributed by atoms with E-state index in [0.717, 1.165) is 0 Å². The fourth-order valence-electron chi connectivity index (χ4n) is 1.33. The molecular weight excluding hydrogens is 198 g/mol. The molecule has 15 heavy (non-hydrogen) atoms. The predicted molar refractivity (Wildman–Crippen MR) is 50.1 cm³/mol. The van der Waals surface area contributed by atoms with Gasteiger partial charge in [-0.25, -0.2) is 9.97 Å². The van der Waals surface area contributed by atoms with Crippen LogP contribution >= 0.6 is 0 Å². The second kappa shape index (κ2) is 4.33. The van der Waals surface area contributed by atoms with Crippen molar-refractivity contribution in [2.75, 3.05) is 19.8 Å². The summed E-state index contributed by atoms with van der Waals surface area (Å²) in [6, 6.07) is 1.69. The largest absolute Gasteiger partial charge is 0.376 e. The Morgan fingerprint density at radius 2 is 2.40 bits per heavy atom. The highest BCUT2D eigenvalue weighted by Gasteiger charge is 2.19. The predicted octanol–water partition coefficient (Wildman–Crippen LogP) is -0.337. The van der Waals surface area contributed by atoms with Gasteiger partial charge in [0.05, 0.1) is 25.5 Å². The minimum absolute atomic E-state index is 0.00155. The molecule has 2 N–H and O–H groups in total. The van der Waals surface area contributed by atoms with Gasteiger partial charge in [0, 0.05) is 6.20 Å². The third-order valence-electron chi connectivity index (χ3n) is 2.04. The van der Waals surface area contributed by atoms with Crippen molar-refractivity contribution in [3.63, 3.8) is 0 Å². The summed E-state index contributed by atoms with van der Waals surface area (Å²) in [4.78, 5) is 18.6. The molecule has 2 heterocycles. The fraction of sp³-hybridized carbons (Fsp3) is 0.444. The molecule has 1 aliphatic rings. The van der Waals surface area contributed by atoms with E-state index in [1.165, 1.54) is 6.20 Å². The lowest BCUT2D eigenvalue weighted by Gasteiger charge is -2.22. The van der Waals surface area contributed by atoms with E-state index in [9.17, 15) is 4.79 Å². The summed E-state index contributed by atoms with van der Waals surface area (Å²) in [5.74, 6) is -0.643. The summed E-state index contributed by atoms with van der Waals surface area (Å²) < 4.78 is 10.7. The molecule has 6 heteroatoms. The van der Waals surface area contributed by atoms with Crippen LogP contribution in [0.1, 0.15) is 22.4 Å². The number of aromatic nitrogens is 2. The van der Waals surface area contributed by atoms with Crippen molar-refractivity contribution in [1.82, 2.24) is 9.97 Å². The summed E-state index contributed by atoms with van der Waals surface area (Å²) in [6.07, 6.45) is 1.25. The minimum atomic E-state index is -0.645. The molecule has 0 bridgehead atoms. The van der Waals surface area contributed by atoms with Crippen LogP contribution in [-0.2, 0) is 9.47 Å². The molecule has 1 saturated heterocycles. The molecule has 1 aliphatic heterocycles. The van der Waals surface area contributed by atoms with Gasteiger partial charge in [0.25, 0.3) is 5.91 Å². The molecule has 80 valence electrons. The summed E-state index contributed by atoms with van der Waals surface area (Å²) in [5.41, 5.74) is 5.70. The Morgan fingerprint density at radius 3 is 3.07 bits per heavy atom. The van der Waals surface area contributed by atoms with E-state index in [4.69, 9.17) is 15.2 Å². The average molecular weight is 209 g/mol. The number of primary amides is 1. The molecule has 0 aromatic carbocycles. The molecule has 0 saturated carbocycles. The highest BCUT2D eigenvalue weighted by atomic mass is 16.6. The lowest BCUT2D eigenvalue weighted by Crippen LogP contribution is -2.24. The molecule has 0 aliphatic carbocycles. The third-order valence-corrected chi connectivity index (χ3v) is 2.04. The maximum atomic E-state index is 10.9. The maximum absolute atomic E-state index is 10.9. The van der Waals surface area contributed by atoms with Gasteiger partial charge in [-0.2, -0.15) is 0 Å². The van der Waals surface area contributed by atoms with Crippen LogP contribution < -0.4 is 5.73 Å². The number of ether oxygens (including phenoxy) is 2. The van der Waals surface area contributed by atoms with Gasteiger partial charge in [0.2, 0.25) is 5.82 Å². The van der Waals surface area contributed by atoms with Gasteiger partial charge in [0.1, 0.15) is 6.10 Å². The van der Waals surface area contributed by atoms with Gasteiger partial charge < -0.3 is 15.2 Å². The lowest BCUT2D eigenvalue weighted by molar-refractivity contribution is -0.0918. The van der Waals surface area contributed by atoms with Crippen LogP contribution in [0.2, 0.25) is 0 Å². The molecule has 1 fully saturated rings. The van der Waals surface area contributed by atoms with Gasteiger partial charge in [-0.05, 0) is 6.07 Å². The first-order chi connectivity index (χ1) is 7.27. The van der Waals surface area contributed by atoms with Gasteiger partial charge in [-0.15, -0.1) is 0 Å². The zero-order valence-electron chi connectivity index (χ0n) is 8.05. The molecule has 1 amide bonds. The number of nitrogens with zero attached hydrogens (tertiary/aromatic N) is 2. The molecule has 0 radical (unpaired) electrons. The van der Waals surface area contributed by atoms with Crippen LogP contribution in [-0.4, -0.2) is 35.7 Å². The molecule has 0 spiro atoms. The van der Waals surface area contributed by atoms with Gasteiger partial charge in [0.15, 0.2) is 0 Å². The molecular formula is C9H11N3O3. The number of hydrogen-bond acceptors (Lipinski definition) is 5. The van der Waals surface area contributed by atoms with E-state index < -0.39 is 5.91 Å². The Bertz CT molecular complexity index is 363. The van der Waals surface area contributed by atoms with Crippen LogP contribution in [0.4, 0.5) is 0 Å². The monoisotopic (exact) mass is 209 g/mol. The zero-order valence-corrected chi connectivity index (χ0v) is 8.05. The van der Waals surface area contributed by atoms with E-state index in [0.29, 0.717) is 25.5 Å². The van der Waals surface area contributed by atoms with Crippen LogP contribution in [0.5, 0.6) is 0 Å². The normalized spacial score (nSPS) is 21.2. The molecule has 6 nitrogen and oxygen atoms in total. The van der Waals surface area contributed by atoms with Crippen molar-refractivity contribution in [3.8, 4) is 0 Å². The Balaban J connectivity index is 2.19. The third kappa shape index (κ3) is 2.28. The highest BCUT2D eigenvalue weighted by molar-refractivity contribution is 5.88. The summed E-state index contributed by atoms with van der Waals surface area (Å²) in [7, 11) is 0. The smallest absolute Gasteiger partial charge is 0.286 e. The van der Waals surface area contributed by atoms with Crippen molar-refractivity contribution < 1.29 is 14.3 Å². The quantitative estimate of drug-likeness (QED) is 0.720. The second-order valence-electron chi connectivity index (χ2n) is 3.10. The minimum Gasteiger partial charge on any atom is -0.376 e. The first-order valence-corrected chi connectivity index (χ1v) is 4.59. The van der Waals surface area contributed by atoms with Crippen LogP contribution in [0, 0.1) is 0 Å². The van der Waals surface area contributed by atoms with Crippen LogP contribution in [0.15, 0.2) is 12.3 Å². The Morgan fingerprint density at radius 1 is 1.53 bits per heavy atom. The molecule has 1 aromatic rings. The number of carbonyl (C=O) groups excluding carboxylic acids is 1. The summed E-state index contributed by atoms with van der Waals surface area (Å²) in [5, 5.41) is 0. The summed E-state index contributed by atoms with van der Waals surface area (Å²) in [6.45, 7) is 1.56. The van der Waals surface area contributed by atoms with Crippen LogP contribution in [0.25, 0.3) is 0 Å². The number of rotatable bonds is 2. The number of amides is 1. The number of hydrogen-bond donors (Lipinski definition) is 1. The highest BCUT2D eigenvalue weighted by Crippen LogP contribution is 2.17. The average Bonchev–Trinajstić information content (AvgIpc) is 2.30.